The summed E-state index contributed by atoms with van der Waals surface area (Å²) in [6.45, 7) is 4.11. The number of anilines is 2. The van der Waals surface area contributed by atoms with Gasteiger partial charge in [-0.25, -0.2) is 0 Å². The van der Waals surface area contributed by atoms with Crippen LogP contribution in [0, 0.1) is 0 Å². The van der Waals surface area contributed by atoms with Crippen molar-refractivity contribution in [1.29, 1.82) is 0 Å². The molecule has 42 heavy (non-hydrogen) atoms. The van der Waals surface area contributed by atoms with Crippen molar-refractivity contribution in [1.82, 2.24) is 10.6 Å². The number of nitrogens with one attached hydrogen (secondary N) is 3. The van der Waals surface area contributed by atoms with Gasteiger partial charge in [0.15, 0.2) is 0 Å². The maximum Gasteiger partial charge on any atom is 0.251 e. The van der Waals surface area contributed by atoms with Crippen LogP contribution < -0.4 is 25.0 Å². The molecule has 4 rings (SSSR count). The van der Waals surface area contributed by atoms with Crippen molar-refractivity contribution in [2.24, 2.45) is 0 Å². The Bertz CT molecular complexity index is 1280. The van der Waals surface area contributed by atoms with Gasteiger partial charge in [0, 0.05) is 30.9 Å². The van der Waals surface area contributed by atoms with Crippen LogP contribution in [0.15, 0.2) is 72.8 Å². The molecule has 1 aliphatic rings. The third kappa shape index (κ3) is 8.86. The zero-order valence-corrected chi connectivity index (χ0v) is 25.3. The number of carbonyl (C=O) groups is 1. The number of aliphatic hydroxyl groups is 1. The molecule has 1 fully saturated rings. The number of ether oxygens (including phenoxy) is 1. The van der Waals surface area contributed by atoms with E-state index in [0.717, 1.165) is 41.8 Å². The largest absolute Gasteiger partial charge is 0.497 e. The van der Waals surface area contributed by atoms with Gasteiger partial charge in [-0.05, 0) is 80.6 Å². The first kappa shape index (κ1) is 31.7. The lowest BCUT2D eigenvalue weighted by molar-refractivity contribution is 0.0831. The zero-order valence-electron chi connectivity index (χ0n) is 24.5. The van der Waals surface area contributed by atoms with E-state index in [9.17, 15) is 19.0 Å². The summed E-state index contributed by atoms with van der Waals surface area (Å²) in [5, 5.41) is 20.9. The topological polar surface area (TPSA) is 126 Å². The number of aliphatic hydroxyl groups excluding tert-OH is 1. The molecule has 1 amide bonds. The zero-order chi connectivity index (χ0) is 30.0. The summed E-state index contributed by atoms with van der Waals surface area (Å²) in [6, 6.07) is 22.5. The van der Waals surface area contributed by atoms with Crippen molar-refractivity contribution in [2.45, 2.75) is 44.8 Å². The van der Waals surface area contributed by atoms with Crippen LogP contribution in [0.5, 0.6) is 5.75 Å². The minimum atomic E-state index is -2.95. The molecule has 1 heterocycles. The van der Waals surface area contributed by atoms with Crippen molar-refractivity contribution in [3.05, 3.63) is 89.5 Å². The Kier molecular flexibility index (Phi) is 11.5. The molecule has 228 valence electrons. The molecule has 2 atom stereocenters. The van der Waals surface area contributed by atoms with Gasteiger partial charge in [0.2, 0.25) is 0 Å². The summed E-state index contributed by atoms with van der Waals surface area (Å²) in [6.07, 6.45) is 2.02. The highest BCUT2D eigenvalue weighted by molar-refractivity contribution is 8.25. The highest BCUT2D eigenvalue weighted by Gasteiger charge is 2.28. The van der Waals surface area contributed by atoms with Crippen molar-refractivity contribution in [3.63, 3.8) is 0 Å². The van der Waals surface area contributed by atoms with Gasteiger partial charge in [-0.3, -0.25) is 18.2 Å². The quantitative estimate of drug-likeness (QED) is 0.145. The van der Waals surface area contributed by atoms with Crippen LogP contribution in [-0.4, -0.2) is 71.3 Å². The Hall–Kier alpha value is -3.28. The van der Waals surface area contributed by atoms with E-state index in [1.54, 1.807) is 23.5 Å². The minimum absolute atomic E-state index is 0.311. The molecule has 10 heteroatoms. The average Bonchev–Trinajstić information content (AvgIpc) is 2.99. The molecule has 0 saturated carbocycles. The lowest BCUT2D eigenvalue weighted by atomic mass is 10.00. The number of benzene rings is 3. The van der Waals surface area contributed by atoms with Gasteiger partial charge in [-0.15, -0.1) is 10.8 Å². The van der Waals surface area contributed by atoms with E-state index in [4.69, 9.17) is 4.74 Å². The van der Waals surface area contributed by atoms with Gasteiger partial charge in [-0.1, -0.05) is 42.5 Å². The normalized spacial score (nSPS) is 16.7. The third-order valence-corrected chi connectivity index (χ3v) is 9.35. The van der Waals surface area contributed by atoms with Crippen LogP contribution >= 0.6 is 10.8 Å². The summed E-state index contributed by atoms with van der Waals surface area (Å²) in [5.74, 6) is 0.799. The molecule has 1 aliphatic heterocycles. The number of nitrogens with zero attached hydrogens (tertiary/aromatic N) is 1. The van der Waals surface area contributed by atoms with Gasteiger partial charge >= 0.3 is 0 Å². The van der Waals surface area contributed by atoms with E-state index in [1.165, 1.54) is 0 Å². The first-order chi connectivity index (χ1) is 20.3. The standard InChI is InChI=1S/C32H44N4O5S/c1-3-34-27-20-26(21-28(22-27)36-17-7-8-18-42(36,39)40)32(38)35-30(19-25-9-5-4-6-10-25)31(37)23-33-16-15-24-11-13-29(41-2)14-12-24/h4-6,9-14,20-22,30-31,33-34,37,39-40H,3,7-8,15-19,23H2,1-2H3,(H,35,38). The maximum absolute atomic E-state index is 13.7. The third-order valence-electron chi connectivity index (χ3n) is 7.41. The van der Waals surface area contributed by atoms with Crippen LogP contribution in [-0.2, 0) is 12.8 Å². The first-order valence-corrected chi connectivity index (χ1v) is 16.3. The number of rotatable bonds is 14. The summed E-state index contributed by atoms with van der Waals surface area (Å²) in [7, 11) is -1.30. The van der Waals surface area contributed by atoms with Crippen LogP contribution in [0.2, 0.25) is 0 Å². The van der Waals surface area contributed by atoms with Crippen molar-refractivity contribution >= 4 is 28.1 Å². The molecule has 2 unspecified atom stereocenters. The number of methoxy groups -OCH3 is 1. The smallest absolute Gasteiger partial charge is 0.251 e. The van der Waals surface area contributed by atoms with E-state index in [2.05, 4.69) is 16.0 Å². The summed E-state index contributed by atoms with van der Waals surface area (Å²) >= 11 is 0. The van der Waals surface area contributed by atoms with Crippen molar-refractivity contribution < 1.29 is 23.7 Å². The van der Waals surface area contributed by atoms with Crippen LogP contribution in [0.25, 0.3) is 0 Å². The van der Waals surface area contributed by atoms with Crippen LogP contribution in [0.4, 0.5) is 11.4 Å². The van der Waals surface area contributed by atoms with Gasteiger partial charge in [0.25, 0.3) is 5.91 Å². The Morgan fingerprint density at radius 2 is 1.79 bits per heavy atom. The van der Waals surface area contributed by atoms with Crippen LogP contribution in [0.3, 0.4) is 0 Å². The molecule has 0 aromatic heterocycles. The molecular formula is C32H44N4O5S. The van der Waals surface area contributed by atoms with E-state index >= 15 is 0 Å². The Labute approximate surface area is 250 Å². The van der Waals surface area contributed by atoms with Gasteiger partial charge in [0.1, 0.15) is 5.75 Å². The summed E-state index contributed by atoms with van der Waals surface area (Å²) < 4.78 is 28.3. The molecule has 6 N–H and O–H groups in total. The molecule has 9 nitrogen and oxygen atoms in total. The predicted octanol–water partition coefficient (Wildman–Crippen LogP) is 4.93. The lowest BCUT2D eigenvalue weighted by Crippen LogP contribution is -2.49. The van der Waals surface area contributed by atoms with Crippen LogP contribution in [0.1, 0.15) is 41.3 Å². The summed E-state index contributed by atoms with van der Waals surface area (Å²) in [4.78, 5) is 13.7. The fraction of sp³-hybridized carbons (Fsp3) is 0.406. The highest BCUT2D eigenvalue weighted by atomic mass is 32.3. The molecule has 0 bridgehead atoms. The lowest BCUT2D eigenvalue weighted by Gasteiger charge is -2.47. The number of amides is 1. The Morgan fingerprint density at radius 3 is 2.48 bits per heavy atom. The Balaban J connectivity index is 1.47. The highest BCUT2D eigenvalue weighted by Crippen LogP contribution is 2.50. The first-order valence-electron chi connectivity index (χ1n) is 14.6. The number of hydrogen-bond donors (Lipinski definition) is 6. The predicted molar refractivity (Wildman–Crippen MR) is 172 cm³/mol. The fourth-order valence-electron chi connectivity index (χ4n) is 5.12. The molecular weight excluding hydrogens is 552 g/mol. The fourth-order valence-corrected chi connectivity index (χ4v) is 6.79. The molecule has 0 spiro atoms. The number of carbonyl (C=O) groups excluding carboxylic acids is 1. The monoisotopic (exact) mass is 596 g/mol. The Morgan fingerprint density at radius 1 is 1.02 bits per heavy atom. The summed E-state index contributed by atoms with van der Waals surface area (Å²) in [5.41, 5.74) is 3.87. The van der Waals surface area contributed by atoms with Gasteiger partial charge in [0.05, 0.1) is 30.7 Å². The van der Waals surface area contributed by atoms with Gasteiger partial charge in [-0.2, -0.15) is 0 Å². The minimum Gasteiger partial charge on any atom is -0.497 e. The molecule has 0 aliphatic carbocycles. The maximum atomic E-state index is 13.7. The SMILES string of the molecule is CCNc1cc(C(=O)NC(Cc2ccccc2)C(O)CNCCc2ccc(OC)cc2)cc(N2CCCCS2(O)O)c1. The molecule has 0 radical (unpaired) electrons. The van der Waals surface area contributed by atoms with E-state index in [-0.39, 0.29) is 5.91 Å². The average molecular weight is 597 g/mol. The molecule has 1 saturated heterocycles. The van der Waals surface area contributed by atoms with E-state index < -0.39 is 22.9 Å². The number of hydrogen-bond acceptors (Lipinski definition) is 8. The van der Waals surface area contributed by atoms with Crippen molar-refractivity contribution in [2.75, 3.05) is 48.7 Å². The molecule has 3 aromatic carbocycles. The molecule has 3 aromatic rings. The van der Waals surface area contributed by atoms with Gasteiger partial charge < -0.3 is 25.8 Å². The second kappa shape index (κ2) is 15.3. The van der Waals surface area contributed by atoms with Crippen molar-refractivity contribution in [3.8, 4) is 5.75 Å². The van der Waals surface area contributed by atoms with E-state index in [1.807, 2.05) is 67.6 Å². The second-order valence-corrected chi connectivity index (χ2v) is 12.7. The van der Waals surface area contributed by atoms with E-state index in [0.29, 0.717) is 49.6 Å². The second-order valence-electron chi connectivity index (χ2n) is 10.6.